The lowest BCUT2D eigenvalue weighted by atomic mass is 9.94. The highest BCUT2D eigenvalue weighted by atomic mass is 19.1. The van der Waals surface area contributed by atoms with Crippen molar-refractivity contribution < 1.29 is 13.9 Å². The molecule has 1 amide bonds. The Labute approximate surface area is 114 Å². The third kappa shape index (κ3) is 4.23. The molecule has 0 heterocycles. The van der Waals surface area contributed by atoms with Gasteiger partial charge in [0.25, 0.3) is 5.91 Å². The summed E-state index contributed by atoms with van der Waals surface area (Å²) in [6, 6.07) is 6.86. The Hall–Kier alpha value is -1.58. The summed E-state index contributed by atoms with van der Waals surface area (Å²) in [5, 5.41) is 2.62. The van der Waals surface area contributed by atoms with Gasteiger partial charge in [0.15, 0.2) is 5.67 Å². The fraction of sp³-hybridized carbons (Fsp3) is 0.533. The summed E-state index contributed by atoms with van der Waals surface area (Å²) in [6.07, 6.45) is 2.04. The Bertz CT molecular complexity index is 405. The van der Waals surface area contributed by atoms with E-state index in [2.05, 4.69) is 5.32 Å². The summed E-state index contributed by atoms with van der Waals surface area (Å²) in [5.74, 6) is 0.139. The maximum atomic E-state index is 14.5. The largest absolute Gasteiger partial charge is 0.497 e. The van der Waals surface area contributed by atoms with Gasteiger partial charge in [-0.15, -0.1) is 0 Å². The van der Waals surface area contributed by atoms with Crippen LogP contribution in [0, 0.1) is 0 Å². The smallest absolute Gasteiger partial charge is 0.262 e. The van der Waals surface area contributed by atoms with Crippen LogP contribution in [0.2, 0.25) is 0 Å². The number of carbonyl (C=O) groups is 1. The molecule has 0 saturated heterocycles. The Morgan fingerprint density at radius 1 is 1.32 bits per heavy atom. The second kappa shape index (κ2) is 7.12. The van der Waals surface area contributed by atoms with E-state index >= 15 is 0 Å². The monoisotopic (exact) mass is 267 g/mol. The molecule has 19 heavy (non-hydrogen) atoms. The lowest BCUT2D eigenvalue weighted by Crippen LogP contribution is -2.38. The molecule has 1 atom stereocenters. The first-order chi connectivity index (χ1) is 9.05. The van der Waals surface area contributed by atoms with Gasteiger partial charge in [-0.1, -0.05) is 20.3 Å². The zero-order valence-corrected chi connectivity index (χ0v) is 11.8. The van der Waals surface area contributed by atoms with Crippen LogP contribution in [0.5, 0.6) is 5.75 Å². The number of unbranched alkanes of at least 4 members (excludes halogenated alkanes) is 1. The fourth-order valence-electron chi connectivity index (χ4n) is 1.83. The number of alkyl halides is 1. The molecular formula is C15H22FNO2. The van der Waals surface area contributed by atoms with Crippen molar-refractivity contribution in [3.05, 3.63) is 24.3 Å². The number of methoxy groups -OCH3 is 1. The van der Waals surface area contributed by atoms with Gasteiger partial charge in [0.05, 0.1) is 7.11 Å². The standard InChI is InChI=1S/C15H22FNO2/c1-4-6-11-15(16,5-2)14(18)17-12-7-9-13(19-3)10-8-12/h7-10H,4-6,11H2,1-3H3,(H,17,18). The molecule has 1 unspecified atom stereocenters. The van der Waals surface area contributed by atoms with Crippen LogP contribution in [0.3, 0.4) is 0 Å². The number of benzene rings is 1. The minimum absolute atomic E-state index is 0.189. The Kier molecular flexibility index (Phi) is 5.80. The van der Waals surface area contributed by atoms with Gasteiger partial charge in [0.2, 0.25) is 0 Å². The first-order valence-electron chi connectivity index (χ1n) is 6.70. The van der Waals surface area contributed by atoms with Crippen LogP contribution in [0.25, 0.3) is 0 Å². The van der Waals surface area contributed by atoms with Crippen LogP contribution in [0.1, 0.15) is 39.5 Å². The average molecular weight is 267 g/mol. The molecule has 0 aromatic heterocycles. The van der Waals surface area contributed by atoms with Crippen molar-refractivity contribution in [3.8, 4) is 5.75 Å². The van der Waals surface area contributed by atoms with Gasteiger partial charge in [-0.2, -0.15) is 0 Å². The number of amides is 1. The maximum Gasteiger partial charge on any atom is 0.262 e. The van der Waals surface area contributed by atoms with Crippen LogP contribution in [-0.4, -0.2) is 18.7 Å². The van der Waals surface area contributed by atoms with Gasteiger partial charge in [0, 0.05) is 5.69 Å². The van der Waals surface area contributed by atoms with Crippen LogP contribution in [0.4, 0.5) is 10.1 Å². The summed E-state index contributed by atoms with van der Waals surface area (Å²) in [7, 11) is 1.57. The molecule has 106 valence electrons. The van der Waals surface area contributed by atoms with Gasteiger partial charge < -0.3 is 10.1 Å². The van der Waals surface area contributed by atoms with E-state index in [1.165, 1.54) is 0 Å². The molecule has 0 saturated carbocycles. The summed E-state index contributed by atoms with van der Waals surface area (Å²) in [4.78, 5) is 12.0. The van der Waals surface area contributed by atoms with Crippen molar-refractivity contribution in [2.45, 2.75) is 45.2 Å². The molecular weight excluding hydrogens is 245 g/mol. The van der Waals surface area contributed by atoms with Crippen LogP contribution in [0.15, 0.2) is 24.3 Å². The summed E-state index contributed by atoms with van der Waals surface area (Å²) in [6.45, 7) is 3.68. The number of carbonyl (C=O) groups excluding carboxylic acids is 1. The number of ether oxygens (including phenoxy) is 1. The highest BCUT2D eigenvalue weighted by Gasteiger charge is 2.35. The molecule has 0 bridgehead atoms. The summed E-state index contributed by atoms with van der Waals surface area (Å²) < 4.78 is 19.5. The summed E-state index contributed by atoms with van der Waals surface area (Å²) in [5.41, 5.74) is -1.20. The third-order valence-corrected chi connectivity index (χ3v) is 3.24. The van der Waals surface area contributed by atoms with Gasteiger partial charge in [-0.3, -0.25) is 4.79 Å². The molecule has 0 spiro atoms. The predicted octanol–water partition coefficient (Wildman–Crippen LogP) is 3.94. The highest BCUT2D eigenvalue weighted by Crippen LogP contribution is 2.26. The molecule has 1 aromatic carbocycles. The van der Waals surface area contributed by atoms with Gasteiger partial charge in [-0.05, 0) is 43.5 Å². The molecule has 0 aliphatic heterocycles. The molecule has 0 fully saturated rings. The van der Waals surface area contributed by atoms with Crippen LogP contribution < -0.4 is 10.1 Å². The van der Waals surface area contributed by atoms with Crippen molar-refractivity contribution in [2.24, 2.45) is 0 Å². The van der Waals surface area contributed by atoms with E-state index in [4.69, 9.17) is 4.74 Å². The van der Waals surface area contributed by atoms with Gasteiger partial charge >= 0.3 is 0 Å². The fourth-order valence-corrected chi connectivity index (χ4v) is 1.83. The van der Waals surface area contributed by atoms with E-state index in [-0.39, 0.29) is 12.8 Å². The zero-order valence-electron chi connectivity index (χ0n) is 11.8. The number of halogens is 1. The number of hydrogen-bond donors (Lipinski definition) is 1. The first-order valence-corrected chi connectivity index (χ1v) is 6.70. The Balaban J connectivity index is 2.70. The maximum absolute atomic E-state index is 14.5. The summed E-state index contributed by atoms with van der Waals surface area (Å²) >= 11 is 0. The minimum atomic E-state index is -1.78. The molecule has 4 heteroatoms. The number of hydrogen-bond acceptors (Lipinski definition) is 2. The molecule has 0 aliphatic carbocycles. The molecule has 0 radical (unpaired) electrons. The molecule has 3 nitrogen and oxygen atoms in total. The average Bonchev–Trinajstić information content (AvgIpc) is 2.45. The molecule has 1 rings (SSSR count). The van der Waals surface area contributed by atoms with E-state index in [1.807, 2.05) is 6.92 Å². The molecule has 0 aliphatic rings. The SMILES string of the molecule is CCCCC(F)(CC)C(=O)Nc1ccc(OC)cc1. The normalized spacial score (nSPS) is 13.7. The quantitative estimate of drug-likeness (QED) is 0.812. The van der Waals surface area contributed by atoms with Crippen molar-refractivity contribution in [1.82, 2.24) is 0 Å². The molecule has 1 N–H and O–H groups in total. The lowest BCUT2D eigenvalue weighted by molar-refractivity contribution is -0.128. The van der Waals surface area contributed by atoms with Crippen molar-refractivity contribution in [3.63, 3.8) is 0 Å². The lowest BCUT2D eigenvalue weighted by Gasteiger charge is -2.22. The number of nitrogens with one attached hydrogen (secondary N) is 1. The van der Waals surface area contributed by atoms with E-state index in [0.29, 0.717) is 17.9 Å². The van der Waals surface area contributed by atoms with E-state index in [9.17, 15) is 9.18 Å². The predicted molar refractivity (Wildman–Crippen MR) is 75.3 cm³/mol. The topological polar surface area (TPSA) is 38.3 Å². The Morgan fingerprint density at radius 2 is 1.95 bits per heavy atom. The van der Waals surface area contributed by atoms with Gasteiger partial charge in [0.1, 0.15) is 5.75 Å². The second-order valence-corrected chi connectivity index (χ2v) is 4.61. The van der Waals surface area contributed by atoms with E-state index in [1.54, 1.807) is 38.3 Å². The van der Waals surface area contributed by atoms with E-state index in [0.717, 1.165) is 6.42 Å². The zero-order chi connectivity index (χ0) is 14.3. The minimum Gasteiger partial charge on any atom is -0.497 e. The van der Waals surface area contributed by atoms with Gasteiger partial charge in [-0.25, -0.2) is 4.39 Å². The molecule has 1 aromatic rings. The third-order valence-electron chi connectivity index (χ3n) is 3.24. The highest BCUT2D eigenvalue weighted by molar-refractivity contribution is 5.97. The van der Waals surface area contributed by atoms with Crippen molar-refractivity contribution in [1.29, 1.82) is 0 Å². The van der Waals surface area contributed by atoms with Crippen molar-refractivity contribution >= 4 is 11.6 Å². The van der Waals surface area contributed by atoms with Crippen LogP contribution in [-0.2, 0) is 4.79 Å². The van der Waals surface area contributed by atoms with Crippen molar-refractivity contribution in [2.75, 3.05) is 12.4 Å². The van der Waals surface area contributed by atoms with Crippen LogP contribution >= 0.6 is 0 Å². The number of rotatable bonds is 7. The second-order valence-electron chi connectivity index (χ2n) is 4.61. The van der Waals surface area contributed by atoms with E-state index < -0.39 is 11.6 Å². The Morgan fingerprint density at radius 3 is 2.42 bits per heavy atom. The number of anilines is 1. The first kappa shape index (κ1) is 15.5.